The second-order valence-electron chi connectivity index (χ2n) is 6.79. The molecule has 0 bridgehead atoms. The maximum absolute atomic E-state index is 12.9. The fourth-order valence-corrected chi connectivity index (χ4v) is 4.21. The smallest absolute Gasteiger partial charge is 0.257 e. The third-order valence-electron chi connectivity index (χ3n) is 4.88. The molecule has 1 aliphatic heterocycles. The molecule has 3 aromatic heterocycles. The van der Waals surface area contributed by atoms with Crippen molar-refractivity contribution in [1.29, 1.82) is 0 Å². The lowest BCUT2D eigenvalue weighted by Gasteiger charge is -2.32. The first-order valence-electron chi connectivity index (χ1n) is 8.79. The molecular weight excluding hydrogens is 348 g/mol. The zero-order chi connectivity index (χ0) is 18.1. The second-order valence-corrected chi connectivity index (χ2v) is 7.50. The van der Waals surface area contributed by atoms with Gasteiger partial charge in [-0.15, -0.1) is 11.3 Å². The van der Waals surface area contributed by atoms with Crippen molar-refractivity contribution < 1.29 is 4.79 Å². The first kappa shape index (κ1) is 17.0. The Kier molecular flexibility index (Phi) is 4.58. The molecule has 26 heavy (non-hydrogen) atoms. The Labute approximate surface area is 156 Å². The highest BCUT2D eigenvalue weighted by molar-refractivity contribution is 7.07. The van der Waals surface area contributed by atoms with E-state index in [1.165, 1.54) is 0 Å². The molecule has 0 radical (unpaired) electrons. The summed E-state index contributed by atoms with van der Waals surface area (Å²) in [5, 5.41) is 6.36. The van der Waals surface area contributed by atoms with Crippen molar-refractivity contribution >= 4 is 17.2 Å². The van der Waals surface area contributed by atoms with E-state index in [2.05, 4.69) is 25.0 Å². The molecule has 1 aliphatic rings. The number of thiazole rings is 1. The van der Waals surface area contributed by atoms with E-state index in [-0.39, 0.29) is 11.8 Å². The fraction of sp³-hybridized carbons (Fsp3) is 0.444. The second kappa shape index (κ2) is 7.03. The highest BCUT2D eigenvalue weighted by Crippen LogP contribution is 2.27. The molecule has 3 aromatic rings. The molecule has 4 heterocycles. The first-order chi connectivity index (χ1) is 12.6. The van der Waals surface area contributed by atoms with Crippen LogP contribution in [0.4, 0.5) is 0 Å². The Bertz CT molecular complexity index is 897. The summed E-state index contributed by atoms with van der Waals surface area (Å²) in [5.74, 6) is 1.36. The maximum Gasteiger partial charge on any atom is 0.257 e. The number of likely N-dealkylation sites (tertiary alicyclic amines) is 1. The fourth-order valence-electron chi connectivity index (χ4n) is 3.66. The van der Waals surface area contributed by atoms with Crippen molar-refractivity contribution in [2.24, 2.45) is 7.05 Å². The number of rotatable bonds is 4. The number of amides is 1. The Morgan fingerprint density at radius 2 is 2.27 bits per heavy atom. The van der Waals surface area contributed by atoms with Gasteiger partial charge in [-0.1, -0.05) is 0 Å². The first-order valence-corrected chi connectivity index (χ1v) is 9.73. The van der Waals surface area contributed by atoms with E-state index in [9.17, 15) is 4.79 Å². The maximum atomic E-state index is 12.9. The summed E-state index contributed by atoms with van der Waals surface area (Å²) < 4.78 is 3.85. The molecule has 8 heteroatoms. The van der Waals surface area contributed by atoms with Crippen molar-refractivity contribution in [1.82, 2.24) is 29.2 Å². The summed E-state index contributed by atoms with van der Waals surface area (Å²) >= 11 is 1.60. The summed E-state index contributed by atoms with van der Waals surface area (Å²) in [6, 6.07) is 0. The third kappa shape index (κ3) is 3.29. The van der Waals surface area contributed by atoms with Gasteiger partial charge in [-0.2, -0.15) is 5.10 Å². The van der Waals surface area contributed by atoms with Gasteiger partial charge < -0.3 is 9.47 Å². The average molecular weight is 370 g/mol. The molecule has 1 fully saturated rings. The van der Waals surface area contributed by atoms with Crippen molar-refractivity contribution in [3.63, 3.8) is 0 Å². The Hall–Kier alpha value is -2.48. The van der Waals surface area contributed by atoms with Crippen LogP contribution in [0.15, 0.2) is 29.5 Å². The molecule has 0 aromatic carbocycles. The Morgan fingerprint density at radius 1 is 1.38 bits per heavy atom. The van der Waals surface area contributed by atoms with Gasteiger partial charge in [0.15, 0.2) is 0 Å². The van der Waals surface area contributed by atoms with E-state index in [4.69, 9.17) is 0 Å². The summed E-state index contributed by atoms with van der Waals surface area (Å²) in [5.41, 5.74) is 4.37. The van der Waals surface area contributed by atoms with Crippen molar-refractivity contribution in [2.45, 2.75) is 32.2 Å². The van der Waals surface area contributed by atoms with Crippen LogP contribution in [0.2, 0.25) is 0 Å². The van der Waals surface area contributed by atoms with E-state index in [1.54, 1.807) is 16.0 Å². The van der Waals surface area contributed by atoms with E-state index >= 15 is 0 Å². The minimum absolute atomic E-state index is 0.0675. The lowest BCUT2D eigenvalue weighted by molar-refractivity contribution is 0.0702. The number of imidazole rings is 1. The summed E-state index contributed by atoms with van der Waals surface area (Å²) in [4.78, 5) is 23.8. The van der Waals surface area contributed by atoms with Gasteiger partial charge in [0.1, 0.15) is 5.82 Å². The van der Waals surface area contributed by atoms with Gasteiger partial charge in [-0.05, 0) is 19.8 Å². The number of hydrogen-bond acceptors (Lipinski definition) is 5. The van der Waals surface area contributed by atoms with Crippen LogP contribution >= 0.6 is 11.3 Å². The average Bonchev–Trinajstić information content (AvgIpc) is 3.37. The normalized spacial score (nSPS) is 17.6. The van der Waals surface area contributed by atoms with Crippen molar-refractivity contribution in [3.05, 3.63) is 52.3 Å². The van der Waals surface area contributed by atoms with Gasteiger partial charge in [0, 0.05) is 50.0 Å². The zero-order valence-electron chi connectivity index (χ0n) is 15.0. The Morgan fingerprint density at radius 3 is 3.00 bits per heavy atom. The number of piperidine rings is 1. The van der Waals surface area contributed by atoms with Crippen LogP contribution in [0.3, 0.4) is 0 Å². The lowest BCUT2D eigenvalue weighted by Crippen LogP contribution is -2.40. The van der Waals surface area contributed by atoms with Gasteiger partial charge >= 0.3 is 0 Å². The SMILES string of the molecule is Cc1nn(C)cc1C(=O)N1CCC[C@@H](c2nccn2Cc2cscn2)C1. The lowest BCUT2D eigenvalue weighted by atomic mass is 9.96. The largest absolute Gasteiger partial charge is 0.338 e. The topological polar surface area (TPSA) is 68.8 Å². The molecule has 1 atom stereocenters. The van der Waals surface area contributed by atoms with Crippen LogP contribution < -0.4 is 0 Å². The van der Waals surface area contributed by atoms with Gasteiger partial charge in [0.25, 0.3) is 5.91 Å². The number of carbonyl (C=O) groups excluding carboxylic acids is 1. The molecule has 4 rings (SSSR count). The van der Waals surface area contributed by atoms with Gasteiger partial charge in [-0.25, -0.2) is 9.97 Å². The van der Waals surface area contributed by atoms with E-state index in [0.29, 0.717) is 12.1 Å². The standard InChI is InChI=1S/C18H22N6OS/c1-13-16(10-22(2)21-13)18(25)24-6-3-4-14(8-24)17-19-5-7-23(17)9-15-11-26-12-20-15/h5,7,10-12,14H,3-4,6,8-9H2,1-2H3/t14-/m1/s1. The highest BCUT2D eigenvalue weighted by Gasteiger charge is 2.29. The number of aromatic nitrogens is 5. The molecule has 0 unspecified atom stereocenters. The molecule has 136 valence electrons. The molecule has 7 nitrogen and oxygen atoms in total. The van der Waals surface area contributed by atoms with Crippen LogP contribution in [0.1, 0.15) is 46.3 Å². The number of hydrogen-bond donors (Lipinski definition) is 0. The molecule has 1 saturated heterocycles. The predicted molar refractivity (Wildman–Crippen MR) is 99.3 cm³/mol. The van der Waals surface area contributed by atoms with E-state index in [1.807, 2.05) is 43.0 Å². The van der Waals surface area contributed by atoms with Crippen LogP contribution in [0.5, 0.6) is 0 Å². The van der Waals surface area contributed by atoms with Gasteiger partial charge in [0.2, 0.25) is 0 Å². The van der Waals surface area contributed by atoms with Crippen LogP contribution in [0.25, 0.3) is 0 Å². The monoisotopic (exact) mass is 370 g/mol. The predicted octanol–water partition coefficient (Wildman–Crippen LogP) is 2.45. The quantitative estimate of drug-likeness (QED) is 0.707. The molecule has 0 N–H and O–H groups in total. The molecular formula is C18H22N6OS. The van der Waals surface area contributed by atoms with Gasteiger partial charge in [0.05, 0.1) is 29.0 Å². The van der Waals surface area contributed by atoms with Crippen LogP contribution in [-0.4, -0.2) is 48.2 Å². The molecule has 0 saturated carbocycles. The Balaban J connectivity index is 1.51. The number of nitrogens with zero attached hydrogens (tertiary/aromatic N) is 6. The van der Waals surface area contributed by atoms with Crippen molar-refractivity contribution in [3.8, 4) is 0 Å². The van der Waals surface area contributed by atoms with Crippen LogP contribution in [0, 0.1) is 6.92 Å². The number of carbonyl (C=O) groups is 1. The summed E-state index contributed by atoms with van der Waals surface area (Å²) in [6.45, 7) is 4.10. The summed E-state index contributed by atoms with van der Waals surface area (Å²) in [7, 11) is 1.85. The molecule has 0 aliphatic carbocycles. The third-order valence-corrected chi connectivity index (χ3v) is 5.52. The molecule has 1 amide bonds. The van der Waals surface area contributed by atoms with Gasteiger partial charge in [-0.3, -0.25) is 9.48 Å². The summed E-state index contributed by atoms with van der Waals surface area (Å²) in [6.07, 6.45) is 7.68. The minimum atomic E-state index is 0.0675. The van der Waals surface area contributed by atoms with Crippen LogP contribution in [-0.2, 0) is 13.6 Å². The molecule has 0 spiro atoms. The van der Waals surface area contributed by atoms with Crippen molar-refractivity contribution in [2.75, 3.05) is 13.1 Å². The van der Waals surface area contributed by atoms with E-state index in [0.717, 1.165) is 43.1 Å². The zero-order valence-corrected chi connectivity index (χ0v) is 15.8. The minimum Gasteiger partial charge on any atom is -0.338 e. The highest BCUT2D eigenvalue weighted by atomic mass is 32.1. The van der Waals surface area contributed by atoms with E-state index < -0.39 is 0 Å². The number of aryl methyl sites for hydroxylation is 2.